The summed E-state index contributed by atoms with van der Waals surface area (Å²) in [6, 6.07) is 0. The minimum atomic E-state index is 0.0298. The number of hydrogen-bond donors (Lipinski definition) is 0. The first kappa shape index (κ1) is 11.2. The van der Waals surface area contributed by atoms with Gasteiger partial charge in [0.15, 0.2) is 5.78 Å². The van der Waals surface area contributed by atoms with Crippen LogP contribution in [0.1, 0.15) is 33.6 Å². The number of piperidine rings is 1. The Labute approximate surface area is 85.5 Å². The molecule has 1 aliphatic rings. The van der Waals surface area contributed by atoms with E-state index in [9.17, 15) is 9.59 Å². The molecule has 1 rings (SSSR count). The second kappa shape index (κ2) is 4.58. The third-order valence-electron chi connectivity index (χ3n) is 2.76. The molecular formula is C11H19NO2. The van der Waals surface area contributed by atoms with Gasteiger partial charge in [0, 0.05) is 18.9 Å². The van der Waals surface area contributed by atoms with E-state index in [1.54, 1.807) is 4.90 Å². The van der Waals surface area contributed by atoms with E-state index in [2.05, 4.69) is 6.92 Å². The number of rotatable bonds is 3. The predicted molar refractivity (Wildman–Crippen MR) is 54.8 cm³/mol. The number of carbonyl (C=O) groups is 2. The summed E-state index contributed by atoms with van der Waals surface area (Å²) >= 11 is 0. The van der Waals surface area contributed by atoms with E-state index in [1.807, 2.05) is 13.8 Å². The molecule has 1 amide bonds. The zero-order valence-electron chi connectivity index (χ0n) is 9.25. The maximum absolute atomic E-state index is 11.5. The number of hydrogen-bond acceptors (Lipinski definition) is 2. The van der Waals surface area contributed by atoms with E-state index >= 15 is 0 Å². The number of amides is 1. The van der Waals surface area contributed by atoms with E-state index in [1.165, 1.54) is 0 Å². The van der Waals surface area contributed by atoms with Crippen LogP contribution in [0.2, 0.25) is 0 Å². The minimum absolute atomic E-state index is 0.0298. The zero-order valence-corrected chi connectivity index (χ0v) is 9.25. The van der Waals surface area contributed by atoms with Crippen LogP contribution in [0, 0.1) is 11.8 Å². The molecule has 3 heteroatoms. The van der Waals surface area contributed by atoms with Gasteiger partial charge in [0.2, 0.25) is 5.91 Å². The van der Waals surface area contributed by atoms with Gasteiger partial charge in [-0.05, 0) is 12.3 Å². The van der Waals surface area contributed by atoms with Crippen LogP contribution >= 0.6 is 0 Å². The molecule has 0 radical (unpaired) electrons. The number of carbonyl (C=O) groups excluding carboxylic acids is 2. The average Bonchev–Trinajstić information content (AvgIpc) is 2.09. The SMILES string of the molecule is CC1CCN(CC(=O)C(C)C)C(=O)C1. The van der Waals surface area contributed by atoms with Gasteiger partial charge in [-0.1, -0.05) is 20.8 Å². The Balaban J connectivity index is 2.46. The van der Waals surface area contributed by atoms with E-state index in [0.29, 0.717) is 18.9 Å². The topological polar surface area (TPSA) is 37.4 Å². The second-order valence-corrected chi connectivity index (χ2v) is 4.53. The first-order chi connectivity index (χ1) is 6.50. The van der Waals surface area contributed by atoms with Crippen molar-refractivity contribution in [2.24, 2.45) is 11.8 Å². The first-order valence-corrected chi connectivity index (χ1v) is 5.31. The van der Waals surface area contributed by atoms with Crippen molar-refractivity contribution in [3.05, 3.63) is 0 Å². The molecular weight excluding hydrogens is 178 g/mol. The molecule has 1 saturated heterocycles. The molecule has 14 heavy (non-hydrogen) atoms. The van der Waals surface area contributed by atoms with Crippen molar-refractivity contribution in [2.75, 3.05) is 13.1 Å². The van der Waals surface area contributed by atoms with E-state index < -0.39 is 0 Å². The number of nitrogens with zero attached hydrogens (tertiary/aromatic N) is 1. The molecule has 0 aromatic rings. The molecule has 1 aliphatic heterocycles. The van der Waals surface area contributed by atoms with E-state index in [-0.39, 0.29) is 17.6 Å². The summed E-state index contributed by atoms with van der Waals surface area (Å²) in [5.74, 6) is 0.806. The Bertz CT molecular complexity index is 235. The Hall–Kier alpha value is -0.860. The van der Waals surface area contributed by atoms with Crippen molar-refractivity contribution in [1.82, 2.24) is 4.90 Å². The fourth-order valence-electron chi connectivity index (χ4n) is 1.57. The lowest BCUT2D eigenvalue weighted by Crippen LogP contribution is -2.42. The molecule has 0 aliphatic carbocycles. The Kier molecular flexibility index (Phi) is 3.67. The normalized spacial score (nSPS) is 23.0. The molecule has 0 spiro atoms. The Morgan fingerprint density at radius 1 is 1.57 bits per heavy atom. The lowest BCUT2D eigenvalue weighted by molar-refractivity contribution is -0.139. The highest BCUT2D eigenvalue weighted by molar-refractivity contribution is 5.87. The van der Waals surface area contributed by atoms with E-state index in [4.69, 9.17) is 0 Å². The van der Waals surface area contributed by atoms with Gasteiger partial charge in [0.1, 0.15) is 0 Å². The van der Waals surface area contributed by atoms with Crippen molar-refractivity contribution in [3.8, 4) is 0 Å². The summed E-state index contributed by atoms with van der Waals surface area (Å²) in [5, 5.41) is 0. The Morgan fingerprint density at radius 2 is 2.21 bits per heavy atom. The maximum Gasteiger partial charge on any atom is 0.223 e. The zero-order chi connectivity index (χ0) is 10.7. The van der Waals surface area contributed by atoms with Crippen LogP contribution in [0.5, 0.6) is 0 Å². The van der Waals surface area contributed by atoms with Gasteiger partial charge in [0.25, 0.3) is 0 Å². The quantitative estimate of drug-likeness (QED) is 0.687. The fourth-order valence-corrected chi connectivity index (χ4v) is 1.57. The van der Waals surface area contributed by atoms with Gasteiger partial charge >= 0.3 is 0 Å². The molecule has 1 fully saturated rings. The van der Waals surface area contributed by atoms with Gasteiger partial charge in [-0.2, -0.15) is 0 Å². The second-order valence-electron chi connectivity index (χ2n) is 4.53. The standard InChI is InChI=1S/C11H19NO2/c1-8(2)10(13)7-12-5-4-9(3)6-11(12)14/h8-9H,4-7H2,1-3H3. The van der Waals surface area contributed by atoms with Crippen LogP contribution < -0.4 is 0 Å². The van der Waals surface area contributed by atoms with Crippen LogP contribution in [-0.2, 0) is 9.59 Å². The summed E-state index contributed by atoms with van der Waals surface area (Å²) in [6.07, 6.45) is 1.63. The molecule has 1 unspecified atom stereocenters. The molecule has 0 aromatic carbocycles. The number of ketones is 1. The molecule has 1 atom stereocenters. The van der Waals surface area contributed by atoms with Crippen molar-refractivity contribution in [3.63, 3.8) is 0 Å². The summed E-state index contributed by atoms with van der Waals surface area (Å²) in [7, 11) is 0. The predicted octanol–water partition coefficient (Wildman–Crippen LogP) is 1.47. The van der Waals surface area contributed by atoms with Gasteiger partial charge in [-0.15, -0.1) is 0 Å². The number of likely N-dealkylation sites (tertiary alicyclic amines) is 1. The third-order valence-corrected chi connectivity index (χ3v) is 2.76. The molecule has 3 nitrogen and oxygen atoms in total. The lowest BCUT2D eigenvalue weighted by atomic mass is 9.97. The molecule has 0 saturated carbocycles. The fraction of sp³-hybridized carbons (Fsp3) is 0.818. The summed E-state index contributed by atoms with van der Waals surface area (Å²) in [5.41, 5.74) is 0. The average molecular weight is 197 g/mol. The van der Waals surface area contributed by atoms with Gasteiger partial charge in [0.05, 0.1) is 6.54 Å². The van der Waals surface area contributed by atoms with Gasteiger partial charge < -0.3 is 4.90 Å². The maximum atomic E-state index is 11.5. The highest BCUT2D eigenvalue weighted by atomic mass is 16.2. The third kappa shape index (κ3) is 2.82. The van der Waals surface area contributed by atoms with Crippen molar-refractivity contribution < 1.29 is 9.59 Å². The molecule has 80 valence electrons. The first-order valence-electron chi connectivity index (χ1n) is 5.31. The number of Topliss-reactive ketones (excluding diaryl/α,β-unsaturated/α-hetero) is 1. The van der Waals surface area contributed by atoms with Crippen molar-refractivity contribution in [2.45, 2.75) is 33.6 Å². The molecule has 0 bridgehead atoms. The highest BCUT2D eigenvalue weighted by Crippen LogP contribution is 2.17. The van der Waals surface area contributed by atoms with Crippen LogP contribution in [0.25, 0.3) is 0 Å². The lowest BCUT2D eigenvalue weighted by Gasteiger charge is -2.29. The largest absolute Gasteiger partial charge is 0.335 e. The smallest absolute Gasteiger partial charge is 0.223 e. The van der Waals surface area contributed by atoms with Gasteiger partial charge in [-0.25, -0.2) is 0 Å². The molecule has 0 aromatic heterocycles. The molecule has 0 N–H and O–H groups in total. The van der Waals surface area contributed by atoms with Crippen LogP contribution in [-0.4, -0.2) is 29.7 Å². The monoisotopic (exact) mass is 197 g/mol. The highest BCUT2D eigenvalue weighted by Gasteiger charge is 2.24. The van der Waals surface area contributed by atoms with Crippen molar-refractivity contribution >= 4 is 11.7 Å². The Morgan fingerprint density at radius 3 is 2.71 bits per heavy atom. The van der Waals surface area contributed by atoms with E-state index in [0.717, 1.165) is 13.0 Å². The minimum Gasteiger partial charge on any atom is -0.335 e. The summed E-state index contributed by atoms with van der Waals surface area (Å²) < 4.78 is 0. The van der Waals surface area contributed by atoms with Crippen LogP contribution in [0.15, 0.2) is 0 Å². The summed E-state index contributed by atoms with van der Waals surface area (Å²) in [4.78, 5) is 24.7. The van der Waals surface area contributed by atoms with Crippen LogP contribution in [0.4, 0.5) is 0 Å². The molecule has 1 heterocycles. The summed E-state index contributed by atoms with van der Waals surface area (Å²) in [6.45, 7) is 6.89. The van der Waals surface area contributed by atoms with Gasteiger partial charge in [-0.3, -0.25) is 9.59 Å². The van der Waals surface area contributed by atoms with Crippen LogP contribution in [0.3, 0.4) is 0 Å². The van der Waals surface area contributed by atoms with Crippen molar-refractivity contribution in [1.29, 1.82) is 0 Å².